The second-order valence-corrected chi connectivity index (χ2v) is 7.28. The Labute approximate surface area is 132 Å². The SMILES string of the molecule is N#Cc1ccc(S(=O)(=O)N2CCC(CO)CC2)cc1C(F)(F)F. The van der Waals surface area contributed by atoms with Gasteiger partial charge in [0.15, 0.2) is 0 Å². The third kappa shape index (κ3) is 3.65. The minimum Gasteiger partial charge on any atom is -0.396 e. The van der Waals surface area contributed by atoms with Gasteiger partial charge in [-0.05, 0) is 37.0 Å². The molecule has 126 valence electrons. The van der Waals surface area contributed by atoms with Crippen LogP contribution >= 0.6 is 0 Å². The van der Waals surface area contributed by atoms with Crippen LogP contribution in [0.25, 0.3) is 0 Å². The van der Waals surface area contributed by atoms with Gasteiger partial charge in [-0.15, -0.1) is 0 Å². The topological polar surface area (TPSA) is 81.4 Å². The van der Waals surface area contributed by atoms with E-state index >= 15 is 0 Å². The van der Waals surface area contributed by atoms with Crippen LogP contribution in [-0.4, -0.2) is 37.5 Å². The molecule has 9 heteroatoms. The number of hydrogen-bond acceptors (Lipinski definition) is 4. The van der Waals surface area contributed by atoms with Crippen molar-refractivity contribution in [2.45, 2.75) is 23.9 Å². The summed E-state index contributed by atoms with van der Waals surface area (Å²) in [6.45, 7) is 0.257. The van der Waals surface area contributed by atoms with E-state index in [4.69, 9.17) is 10.4 Å². The molecule has 0 saturated carbocycles. The van der Waals surface area contributed by atoms with Gasteiger partial charge in [-0.1, -0.05) is 0 Å². The summed E-state index contributed by atoms with van der Waals surface area (Å²) >= 11 is 0. The van der Waals surface area contributed by atoms with E-state index in [2.05, 4.69) is 0 Å². The maximum atomic E-state index is 13.0. The van der Waals surface area contributed by atoms with Crippen LogP contribution in [0, 0.1) is 17.2 Å². The van der Waals surface area contributed by atoms with Gasteiger partial charge in [0, 0.05) is 19.7 Å². The zero-order valence-corrected chi connectivity index (χ0v) is 12.9. The molecule has 1 aliphatic rings. The Balaban J connectivity index is 2.36. The minimum atomic E-state index is -4.81. The van der Waals surface area contributed by atoms with E-state index in [1.807, 2.05) is 0 Å². The van der Waals surface area contributed by atoms with Gasteiger partial charge in [0.05, 0.1) is 22.1 Å². The molecule has 0 atom stereocenters. The molecule has 1 aliphatic heterocycles. The first-order chi connectivity index (χ1) is 10.7. The maximum Gasteiger partial charge on any atom is 0.417 e. The van der Waals surface area contributed by atoms with Crippen molar-refractivity contribution in [1.82, 2.24) is 4.31 Å². The quantitative estimate of drug-likeness (QED) is 0.905. The van der Waals surface area contributed by atoms with Crippen LogP contribution in [0.1, 0.15) is 24.0 Å². The van der Waals surface area contributed by atoms with Gasteiger partial charge in [0.2, 0.25) is 10.0 Å². The summed E-state index contributed by atoms with van der Waals surface area (Å²) in [5.74, 6) is 0.00755. The van der Waals surface area contributed by atoms with Crippen molar-refractivity contribution in [2.75, 3.05) is 19.7 Å². The highest BCUT2D eigenvalue weighted by atomic mass is 32.2. The second-order valence-electron chi connectivity index (χ2n) is 5.35. The first kappa shape index (κ1) is 17.7. The molecule has 1 heterocycles. The summed E-state index contributed by atoms with van der Waals surface area (Å²) in [6, 6.07) is 3.81. The van der Waals surface area contributed by atoms with Crippen LogP contribution in [0.3, 0.4) is 0 Å². The van der Waals surface area contributed by atoms with E-state index in [9.17, 15) is 21.6 Å². The monoisotopic (exact) mass is 348 g/mol. The average Bonchev–Trinajstić information content (AvgIpc) is 2.53. The molecule has 0 unspecified atom stereocenters. The van der Waals surface area contributed by atoms with Crippen LogP contribution in [0.4, 0.5) is 13.2 Å². The van der Waals surface area contributed by atoms with Gasteiger partial charge in [-0.3, -0.25) is 0 Å². The fourth-order valence-electron chi connectivity index (χ4n) is 2.50. The Morgan fingerprint density at radius 1 is 1.30 bits per heavy atom. The summed E-state index contributed by atoms with van der Waals surface area (Å²) in [5, 5.41) is 17.8. The predicted molar refractivity (Wildman–Crippen MR) is 74.7 cm³/mol. The number of nitrogens with zero attached hydrogens (tertiary/aromatic N) is 2. The molecule has 1 aromatic carbocycles. The first-order valence-corrected chi connectivity index (χ1v) is 8.36. The summed E-state index contributed by atoms with van der Waals surface area (Å²) in [6.07, 6.45) is -3.89. The third-order valence-corrected chi connectivity index (χ3v) is 5.78. The second kappa shape index (κ2) is 6.47. The Morgan fingerprint density at radius 2 is 1.91 bits per heavy atom. The fraction of sp³-hybridized carbons (Fsp3) is 0.500. The van der Waals surface area contributed by atoms with Crippen molar-refractivity contribution in [2.24, 2.45) is 5.92 Å². The van der Waals surface area contributed by atoms with Gasteiger partial charge in [0.1, 0.15) is 0 Å². The number of benzene rings is 1. The van der Waals surface area contributed by atoms with Crippen molar-refractivity contribution in [1.29, 1.82) is 5.26 Å². The molecule has 1 N–H and O–H groups in total. The van der Waals surface area contributed by atoms with E-state index in [0.29, 0.717) is 18.9 Å². The summed E-state index contributed by atoms with van der Waals surface area (Å²) < 4.78 is 64.9. The van der Waals surface area contributed by atoms with Gasteiger partial charge >= 0.3 is 6.18 Å². The lowest BCUT2D eigenvalue weighted by atomic mass is 10.00. The Bertz CT molecular complexity index is 718. The molecular formula is C14H15F3N2O3S. The highest BCUT2D eigenvalue weighted by Gasteiger charge is 2.36. The zero-order valence-electron chi connectivity index (χ0n) is 12.0. The molecule has 0 bridgehead atoms. The van der Waals surface area contributed by atoms with E-state index < -0.39 is 32.2 Å². The van der Waals surface area contributed by atoms with Gasteiger partial charge in [-0.2, -0.15) is 22.7 Å². The van der Waals surface area contributed by atoms with Crippen molar-refractivity contribution < 1.29 is 26.7 Å². The molecule has 5 nitrogen and oxygen atoms in total. The van der Waals surface area contributed by atoms with Crippen molar-refractivity contribution >= 4 is 10.0 Å². The maximum absolute atomic E-state index is 13.0. The van der Waals surface area contributed by atoms with Crippen LogP contribution in [0.5, 0.6) is 0 Å². The lowest BCUT2D eigenvalue weighted by Gasteiger charge is -2.30. The number of alkyl halides is 3. The zero-order chi connectivity index (χ0) is 17.3. The molecule has 0 amide bonds. The average molecular weight is 348 g/mol. The fourth-order valence-corrected chi connectivity index (χ4v) is 3.99. The summed E-state index contributed by atoms with van der Waals surface area (Å²) in [4.78, 5) is -0.480. The Morgan fingerprint density at radius 3 is 2.39 bits per heavy atom. The highest BCUT2D eigenvalue weighted by molar-refractivity contribution is 7.89. The smallest absolute Gasteiger partial charge is 0.396 e. The van der Waals surface area contributed by atoms with Crippen LogP contribution < -0.4 is 0 Å². The van der Waals surface area contributed by atoms with Crippen LogP contribution in [-0.2, 0) is 16.2 Å². The molecule has 0 aromatic heterocycles. The minimum absolute atomic E-state index is 0.00755. The number of nitriles is 1. The van der Waals surface area contributed by atoms with Gasteiger partial charge < -0.3 is 5.11 Å². The molecule has 0 spiro atoms. The van der Waals surface area contributed by atoms with Crippen LogP contribution in [0.2, 0.25) is 0 Å². The van der Waals surface area contributed by atoms with Gasteiger partial charge in [0.25, 0.3) is 0 Å². The molecule has 23 heavy (non-hydrogen) atoms. The number of piperidine rings is 1. The van der Waals surface area contributed by atoms with E-state index in [-0.39, 0.29) is 25.6 Å². The molecule has 1 aromatic rings. The predicted octanol–water partition coefficient (Wildman–Crippen LogP) is 1.97. The number of halogens is 3. The number of aliphatic hydroxyl groups excluding tert-OH is 1. The number of rotatable bonds is 3. The molecule has 1 fully saturated rings. The molecule has 2 rings (SSSR count). The lowest BCUT2D eigenvalue weighted by Crippen LogP contribution is -2.39. The third-order valence-electron chi connectivity index (χ3n) is 3.89. The number of aliphatic hydroxyl groups is 1. The lowest BCUT2D eigenvalue weighted by molar-refractivity contribution is -0.137. The normalized spacial score (nSPS) is 17.9. The van der Waals surface area contributed by atoms with E-state index in [1.165, 1.54) is 6.07 Å². The largest absolute Gasteiger partial charge is 0.417 e. The van der Waals surface area contributed by atoms with Crippen molar-refractivity contribution in [3.63, 3.8) is 0 Å². The summed E-state index contributed by atoms with van der Waals surface area (Å²) in [7, 11) is -4.06. The number of hydrogen-bond donors (Lipinski definition) is 1. The van der Waals surface area contributed by atoms with Gasteiger partial charge in [-0.25, -0.2) is 8.42 Å². The van der Waals surface area contributed by atoms with E-state index in [0.717, 1.165) is 16.4 Å². The highest BCUT2D eigenvalue weighted by Crippen LogP contribution is 2.34. The Hall–Kier alpha value is -1.63. The molecule has 0 radical (unpaired) electrons. The Kier molecular flexibility index (Phi) is 4.98. The van der Waals surface area contributed by atoms with E-state index in [1.54, 1.807) is 0 Å². The standard InChI is InChI=1S/C14H15F3N2O3S/c15-14(16,17)13-7-12(2-1-11(13)8-18)23(21,22)19-5-3-10(9-20)4-6-19/h1-2,7,10,20H,3-6,9H2. The first-order valence-electron chi connectivity index (χ1n) is 6.92. The number of sulfonamides is 1. The molecule has 0 aliphatic carbocycles. The van der Waals surface area contributed by atoms with Crippen molar-refractivity contribution in [3.8, 4) is 6.07 Å². The van der Waals surface area contributed by atoms with Crippen LogP contribution in [0.15, 0.2) is 23.1 Å². The molecule has 1 saturated heterocycles. The molecular weight excluding hydrogens is 333 g/mol. The van der Waals surface area contributed by atoms with Crippen molar-refractivity contribution in [3.05, 3.63) is 29.3 Å². The summed E-state index contributed by atoms with van der Waals surface area (Å²) in [5.41, 5.74) is -1.87.